The minimum absolute atomic E-state index is 0.0429. The molecular weight excluding hydrogens is 719 g/mol. The minimum Gasteiger partial charge on any atom is -0.508 e. The van der Waals surface area contributed by atoms with Crippen molar-refractivity contribution in [3.8, 4) is 5.75 Å². The molecule has 2 aliphatic carbocycles. The van der Waals surface area contributed by atoms with Gasteiger partial charge in [0.05, 0.1) is 28.9 Å². The van der Waals surface area contributed by atoms with Crippen LogP contribution in [0, 0.1) is 29.5 Å². The van der Waals surface area contributed by atoms with E-state index in [-0.39, 0.29) is 30.0 Å². The zero-order valence-electron chi connectivity index (χ0n) is 30.0. The standard InChI is InChI=1S/C44H40ClFN4O5/c45-29-10-8-28(9-11-29)44-37(41(53)50(43(44)55)47-31-14-12-30(46)13-15-31)24-36-34(39(44)27-6-16-33(51)17-7-27)18-19-35-38(36)42(54)49(40(35)52)32-20-22-48(23-21-32)25-26-4-2-1-3-5-26/h1-18,32,35-39,47,51H,19-25H2/t35-,36+,37-,38-,39-,44+/m0/s1. The Morgan fingerprint density at radius 3 is 2.18 bits per heavy atom. The predicted molar refractivity (Wildman–Crippen MR) is 204 cm³/mol. The van der Waals surface area contributed by atoms with Crippen molar-refractivity contribution in [2.45, 2.75) is 49.6 Å². The summed E-state index contributed by atoms with van der Waals surface area (Å²) in [6.07, 6.45) is 3.90. The topological polar surface area (TPSA) is 110 Å². The Morgan fingerprint density at radius 1 is 0.800 bits per heavy atom. The van der Waals surface area contributed by atoms with Gasteiger partial charge in [-0.3, -0.25) is 34.4 Å². The lowest BCUT2D eigenvalue weighted by molar-refractivity contribution is -0.144. The summed E-state index contributed by atoms with van der Waals surface area (Å²) < 4.78 is 13.9. The quantitative estimate of drug-likeness (QED) is 0.157. The van der Waals surface area contributed by atoms with E-state index in [2.05, 4.69) is 22.5 Å². The monoisotopic (exact) mass is 758 g/mol. The first-order valence-electron chi connectivity index (χ1n) is 18.9. The number of phenols is 1. The van der Waals surface area contributed by atoms with Crippen LogP contribution in [0.25, 0.3) is 0 Å². The smallest absolute Gasteiger partial charge is 0.260 e. The number of piperidine rings is 1. The molecule has 4 fully saturated rings. The average molecular weight is 759 g/mol. The third-order valence-corrected chi connectivity index (χ3v) is 12.9. The number of benzene rings is 4. The second-order valence-electron chi connectivity index (χ2n) is 15.5. The molecule has 1 saturated carbocycles. The van der Waals surface area contributed by atoms with Gasteiger partial charge in [-0.15, -0.1) is 0 Å². The molecule has 5 aliphatic rings. The number of carbonyl (C=O) groups is 4. The van der Waals surface area contributed by atoms with E-state index in [1.165, 1.54) is 34.7 Å². The van der Waals surface area contributed by atoms with Crippen molar-refractivity contribution in [1.29, 1.82) is 0 Å². The summed E-state index contributed by atoms with van der Waals surface area (Å²) in [4.78, 5) is 62.9. The number of halogens is 2. The van der Waals surface area contributed by atoms with Crippen molar-refractivity contribution in [2.24, 2.45) is 23.7 Å². The van der Waals surface area contributed by atoms with Gasteiger partial charge >= 0.3 is 0 Å². The molecule has 0 unspecified atom stereocenters. The molecule has 4 amide bonds. The molecule has 6 atom stereocenters. The van der Waals surface area contributed by atoms with E-state index in [1.807, 2.05) is 24.3 Å². The highest BCUT2D eigenvalue weighted by atomic mass is 35.5. The molecule has 11 heteroatoms. The number of aromatic hydroxyl groups is 1. The van der Waals surface area contributed by atoms with Gasteiger partial charge in [0, 0.05) is 36.6 Å². The van der Waals surface area contributed by atoms with Gasteiger partial charge in [0.25, 0.3) is 11.8 Å². The number of anilines is 1. The summed E-state index contributed by atoms with van der Waals surface area (Å²) in [6.45, 7) is 2.34. The molecule has 0 radical (unpaired) electrons. The highest BCUT2D eigenvalue weighted by Crippen LogP contribution is 2.64. The Labute approximate surface area is 323 Å². The largest absolute Gasteiger partial charge is 0.508 e. The Balaban J connectivity index is 1.10. The van der Waals surface area contributed by atoms with E-state index in [0.29, 0.717) is 41.1 Å². The maximum Gasteiger partial charge on any atom is 0.260 e. The minimum atomic E-state index is -1.47. The summed E-state index contributed by atoms with van der Waals surface area (Å²) in [5, 5.41) is 11.8. The van der Waals surface area contributed by atoms with Crippen LogP contribution in [0.3, 0.4) is 0 Å². The SMILES string of the molecule is O=C1[C@@H]2C[C@@H]3C(=CC[C@@H]4C(=O)N(C5CCN(Cc6ccccc6)CC5)C(=O)[C@@H]43)[C@H](c3ccc(O)cc3)[C@]2(c2ccc(Cl)cc2)C(=O)N1Nc1ccc(F)cc1. The van der Waals surface area contributed by atoms with E-state index in [1.54, 1.807) is 48.5 Å². The number of carbonyl (C=O) groups excluding carboxylic acids is 4. The number of hydrogen-bond donors (Lipinski definition) is 2. The number of likely N-dealkylation sites (tertiary alicyclic amines) is 2. The van der Waals surface area contributed by atoms with Crippen LogP contribution in [0.1, 0.15) is 48.3 Å². The maximum absolute atomic E-state index is 15.2. The van der Waals surface area contributed by atoms with E-state index >= 15 is 4.79 Å². The van der Waals surface area contributed by atoms with Gasteiger partial charge in [-0.2, -0.15) is 5.01 Å². The van der Waals surface area contributed by atoms with Gasteiger partial charge in [-0.1, -0.05) is 77.8 Å². The number of phenolic OH excluding ortho intramolecular Hbond substituents is 1. The van der Waals surface area contributed by atoms with Crippen LogP contribution in [-0.2, 0) is 31.1 Å². The number of amides is 4. The zero-order valence-corrected chi connectivity index (χ0v) is 30.7. The number of imide groups is 2. The van der Waals surface area contributed by atoms with Crippen LogP contribution in [0.4, 0.5) is 10.1 Å². The second-order valence-corrected chi connectivity index (χ2v) is 15.9. The lowest BCUT2D eigenvalue weighted by Crippen LogP contribution is -2.53. The molecule has 0 bridgehead atoms. The molecule has 0 spiro atoms. The number of hydrazine groups is 1. The van der Waals surface area contributed by atoms with Gasteiger partial charge in [0.1, 0.15) is 11.6 Å². The highest BCUT2D eigenvalue weighted by Gasteiger charge is 2.70. The molecule has 4 aromatic rings. The van der Waals surface area contributed by atoms with Gasteiger partial charge in [-0.05, 0) is 96.8 Å². The third kappa shape index (κ3) is 5.76. The normalized spacial score (nSPS) is 28.2. The first-order chi connectivity index (χ1) is 26.6. The van der Waals surface area contributed by atoms with Crippen molar-refractivity contribution < 1.29 is 28.7 Å². The summed E-state index contributed by atoms with van der Waals surface area (Å²) in [5.41, 5.74) is 5.19. The van der Waals surface area contributed by atoms with Crippen molar-refractivity contribution in [3.63, 3.8) is 0 Å². The molecule has 3 aliphatic heterocycles. The molecule has 9 nitrogen and oxygen atoms in total. The molecule has 3 heterocycles. The molecule has 0 aromatic heterocycles. The molecule has 9 rings (SSSR count). The van der Waals surface area contributed by atoms with Gasteiger partial charge < -0.3 is 5.11 Å². The Morgan fingerprint density at radius 2 is 1.49 bits per heavy atom. The van der Waals surface area contributed by atoms with E-state index in [9.17, 15) is 23.9 Å². The van der Waals surface area contributed by atoms with Crippen LogP contribution in [0.5, 0.6) is 5.75 Å². The molecule has 280 valence electrons. The fraction of sp³-hybridized carbons (Fsp3) is 0.318. The van der Waals surface area contributed by atoms with Gasteiger partial charge in [0.15, 0.2) is 0 Å². The van der Waals surface area contributed by atoms with Gasteiger partial charge in [-0.25, -0.2) is 4.39 Å². The molecule has 4 aromatic carbocycles. The van der Waals surface area contributed by atoms with E-state index in [4.69, 9.17) is 11.6 Å². The Bertz CT molecular complexity index is 2190. The van der Waals surface area contributed by atoms with Crippen molar-refractivity contribution in [2.75, 3.05) is 18.5 Å². The highest BCUT2D eigenvalue weighted by molar-refractivity contribution is 6.30. The fourth-order valence-corrected chi connectivity index (χ4v) is 10.4. The summed E-state index contributed by atoms with van der Waals surface area (Å²) in [7, 11) is 0. The number of nitrogens with one attached hydrogen (secondary N) is 1. The van der Waals surface area contributed by atoms with Crippen LogP contribution < -0.4 is 5.43 Å². The van der Waals surface area contributed by atoms with Crippen LogP contribution >= 0.6 is 11.6 Å². The van der Waals surface area contributed by atoms with E-state index < -0.39 is 52.6 Å². The predicted octanol–water partition coefficient (Wildman–Crippen LogP) is 6.83. The number of hydrogen-bond acceptors (Lipinski definition) is 7. The van der Waals surface area contributed by atoms with Crippen molar-refractivity contribution >= 4 is 40.9 Å². The molecule has 2 N–H and O–H groups in total. The van der Waals surface area contributed by atoms with E-state index in [0.717, 1.165) is 30.2 Å². The first kappa shape index (κ1) is 35.4. The Kier molecular flexibility index (Phi) is 8.85. The van der Waals surface area contributed by atoms with Crippen LogP contribution in [0.15, 0.2) is 115 Å². The van der Waals surface area contributed by atoms with Crippen LogP contribution in [-0.4, -0.2) is 62.7 Å². The second kappa shape index (κ2) is 13.8. The van der Waals surface area contributed by atoms with Crippen molar-refractivity contribution in [1.82, 2.24) is 14.8 Å². The Hall–Kier alpha value is -5.32. The fourth-order valence-electron chi connectivity index (χ4n) is 10.3. The first-order valence-corrected chi connectivity index (χ1v) is 19.3. The number of nitrogens with zero attached hydrogens (tertiary/aromatic N) is 3. The maximum atomic E-state index is 15.2. The van der Waals surface area contributed by atoms with Crippen LogP contribution in [0.2, 0.25) is 5.02 Å². The lowest BCUT2D eigenvalue weighted by Gasteiger charge is -2.50. The molecule has 55 heavy (non-hydrogen) atoms. The average Bonchev–Trinajstić information content (AvgIpc) is 3.57. The summed E-state index contributed by atoms with van der Waals surface area (Å²) in [5.74, 6) is -5.15. The summed E-state index contributed by atoms with van der Waals surface area (Å²) in [6, 6.07) is 29.0. The summed E-state index contributed by atoms with van der Waals surface area (Å²) >= 11 is 6.38. The van der Waals surface area contributed by atoms with Crippen molar-refractivity contribution in [3.05, 3.63) is 142 Å². The number of allylic oxidation sites excluding steroid dienone is 2. The number of fused-ring (bicyclic) bond motifs is 4. The molecule has 3 saturated heterocycles. The third-order valence-electron chi connectivity index (χ3n) is 12.7. The molecular formula is C44H40ClFN4O5. The van der Waals surface area contributed by atoms with Gasteiger partial charge in [0.2, 0.25) is 11.8 Å². The zero-order chi connectivity index (χ0) is 38.0. The lowest BCUT2D eigenvalue weighted by atomic mass is 9.49. The number of rotatable bonds is 7.